The van der Waals surface area contributed by atoms with Crippen molar-refractivity contribution in [3.05, 3.63) is 24.0 Å². The molecule has 0 heterocycles. The van der Waals surface area contributed by atoms with E-state index in [2.05, 4.69) is 9.46 Å². The second kappa shape index (κ2) is 6.10. The molecule has 0 fully saturated rings. The van der Waals surface area contributed by atoms with E-state index in [4.69, 9.17) is 5.73 Å². The van der Waals surface area contributed by atoms with Gasteiger partial charge in [-0.05, 0) is 18.2 Å². The van der Waals surface area contributed by atoms with Crippen molar-refractivity contribution in [3.63, 3.8) is 0 Å². The van der Waals surface area contributed by atoms with Gasteiger partial charge in [0.1, 0.15) is 5.82 Å². The van der Waals surface area contributed by atoms with Gasteiger partial charge in [-0.15, -0.1) is 0 Å². The largest absolute Gasteiger partial charge is 0.399 e. The Balaban J connectivity index is 2.80. The van der Waals surface area contributed by atoms with Crippen molar-refractivity contribution < 1.29 is 22.7 Å². The van der Waals surface area contributed by atoms with Crippen molar-refractivity contribution in [3.8, 4) is 0 Å². The summed E-state index contributed by atoms with van der Waals surface area (Å²) in [6.07, 6.45) is -0.976. The fraction of sp³-hybridized carbons (Fsp3) is 0.400. The minimum Gasteiger partial charge on any atom is -0.399 e. The molecule has 0 aliphatic carbocycles. The van der Waals surface area contributed by atoms with Gasteiger partial charge in [-0.3, -0.25) is 0 Å². The van der Waals surface area contributed by atoms with Gasteiger partial charge in [0.2, 0.25) is 10.0 Å². The van der Waals surface area contributed by atoms with E-state index in [0.29, 0.717) is 0 Å². The predicted molar refractivity (Wildman–Crippen MR) is 63.9 cm³/mol. The molecule has 0 spiro atoms. The smallest absolute Gasteiger partial charge is 0.240 e. The molecule has 18 heavy (non-hydrogen) atoms. The summed E-state index contributed by atoms with van der Waals surface area (Å²) in [4.78, 5) is -0.287. The maximum atomic E-state index is 13.0. The summed E-state index contributed by atoms with van der Waals surface area (Å²) < 4.78 is 43.3. The van der Waals surface area contributed by atoms with Gasteiger partial charge in [0.25, 0.3) is 0 Å². The van der Waals surface area contributed by atoms with Crippen molar-refractivity contribution >= 4 is 15.7 Å². The lowest BCUT2D eigenvalue weighted by atomic mass is 10.3. The molecule has 0 saturated carbocycles. The number of halogens is 1. The summed E-state index contributed by atoms with van der Waals surface area (Å²) in [5.74, 6) is -0.743. The molecule has 102 valence electrons. The van der Waals surface area contributed by atoms with E-state index in [1.54, 1.807) is 0 Å². The number of methoxy groups -OCH3 is 1. The highest BCUT2D eigenvalue weighted by Gasteiger charge is 2.17. The van der Waals surface area contributed by atoms with Gasteiger partial charge in [0, 0.05) is 19.3 Å². The van der Waals surface area contributed by atoms with Crippen LogP contribution < -0.4 is 10.5 Å². The zero-order chi connectivity index (χ0) is 13.8. The highest BCUT2D eigenvalue weighted by molar-refractivity contribution is 7.89. The van der Waals surface area contributed by atoms with E-state index in [0.717, 1.165) is 18.2 Å². The average Bonchev–Trinajstić information content (AvgIpc) is 2.26. The van der Waals surface area contributed by atoms with Crippen LogP contribution in [0.5, 0.6) is 0 Å². The topological polar surface area (TPSA) is 102 Å². The number of aliphatic hydroxyl groups excluding tert-OH is 1. The Morgan fingerprint density at radius 1 is 1.50 bits per heavy atom. The van der Waals surface area contributed by atoms with Gasteiger partial charge in [0.15, 0.2) is 0 Å². The van der Waals surface area contributed by atoms with Crippen LogP contribution in [0.25, 0.3) is 0 Å². The number of anilines is 1. The van der Waals surface area contributed by atoms with Crippen LogP contribution in [0.15, 0.2) is 23.1 Å². The zero-order valence-electron chi connectivity index (χ0n) is 9.76. The lowest BCUT2D eigenvalue weighted by molar-refractivity contribution is 0.0679. The Kier molecular flexibility index (Phi) is 5.03. The van der Waals surface area contributed by atoms with E-state index in [1.807, 2.05) is 0 Å². The Morgan fingerprint density at radius 3 is 2.72 bits per heavy atom. The molecule has 0 aliphatic heterocycles. The van der Waals surface area contributed by atoms with E-state index < -0.39 is 21.9 Å². The first-order valence-electron chi connectivity index (χ1n) is 5.08. The van der Waals surface area contributed by atoms with Gasteiger partial charge in [-0.25, -0.2) is 17.5 Å². The number of nitrogens with one attached hydrogen (secondary N) is 1. The number of benzene rings is 1. The van der Waals surface area contributed by atoms with Crippen LogP contribution in [0, 0.1) is 5.82 Å². The SMILES string of the molecule is COCC(O)CNS(=O)(=O)c1cc(N)cc(F)c1. The highest BCUT2D eigenvalue weighted by Crippen LogP contribution is 2.15. The summed E-state index contributed by atoms with van der Waals surface area (Å²) in [5, 5.41) is 9.32. The number of aliphatic hydroxyl groups is 1. The first-order chi connectivity index (χ1) is 8.35. The lowest BCUT2D eigenvalue weighted by Crippen LogP contribution is -2.34. The maximum Gasteiger partial charge on any atom is 0.240 e. The van der Waals surface area contributed by atoms with Crippen LogP contribution in [0.4, 0.5) is 10.1 Å². The van der Waals surface area contributed by atoms with Crippen LogP contribution in [-0.4, -0.2) is 39.9 Å². The van der Waals surface area contributed by atoms with Crippen molar-refractivity contribution in [2.75, 3.05) is 26.0 Å². The number of rotatable bonds is 6. The first-order valence-corrected chi connectivity index (χ1v) is 6.56. The van der Waals surface area contributed by atoms with Crippen molar-refractivity contribution in [1.82, 2.24) is 4.72 Å². The van der Waals surface area contributed by atoms with Gasteiger partial charge in [-0.1, -0.05) is 0 Å². The zero-order valence-corrected chi connectivity index (χ0v) is 10.6. The normalized spacial score (nSPS) is 13.5. The molecule has 0 bridgehead atoms. The summed E-state index contributed by atoms with van der Waals surface area (Å²) in [6.45, 7) is -0.236. The molecular formula is C10H15FN2O4S. The number of hydrogen-bond donors (Lipinski definition) is 3. The molecule has 0 aliphatic rings. The third-order valence-electron chi connectivity index (χ3n) is 2.07. The quantitative estimate of drug-likeness (QED) is 0.620. The number of sulfonamides is 1. The lowest BCUT2D eigenvalue weighted by Gasteiger charge is -2.11. The summed E-state index contributed by atoms with van der Waals surface area (Å²) in [5.41, 5.74) is 5.37. The second-order valence-corrected chi connectivity index (χ2v) is 5.45. The molecule has 0 radical (unpaired) electrons. The Hall–Kier alpha value is -1.22. The van der Waals surface area contributed by atoms with E-state index in [1.165, 1.54) is 7.11 Å². The van der Waals surface area contributed by atoms with Crippen LogP contribution in [0.2, 0.25) is 0 Å². The van der Waals surface area contributed by atoms with Crippen molar-refractivity contribution in [2.24, 2.45) is 0 Å². The van der Waals surface area contributed by atoms with E-state index >= 15 is 0 Å². The molecule has 8 heteroatoms. The summed E-state index contributed by atoms with van der Waals surface area (Å²) in [6, 6.07) is 2.99. The van der Waals surface area contributed by atoms with Crippen LogP contribution in [0.3, 0.4) is 0 Å². The van der Waals surface area contributed by atoms with Gasteiger partial charge in [-0.2, -0.15) is 0 Å². The third-order valence-corrected chi connectivity index (χ3v) is 3.47. The highest BCUT2D eigenvalue weighted by atomic mass is 32.2. The minimum atomic E-state index is -3.90. The van der Waals surface area contributed by atoms with Crippen LogP contribution >= 0.6 is 0 Å². The molecule has 1 aromatic rings. The summed E-state index contributed by atoms with van der Waals surface area (Å²) in [7, 11) is -2.52. The Morgan fingerprint density at radius 2 is 2.17 bits per heavy atom. The van der Waals surface area contributed by atoms with E-state index in [-0.39, 0.29) is 23.7 Å². The molecule has 6 nitrogen and oxygen atoms in total. The summed E-state index contributed by atoms with van der Waals surface area (Å²) >= 11 is 0. The molecule has 0 amide bonds. The number of hydrogen-bond acceptors (Lipinski definition) is 5. The van der Waals surface area contributed by atoms with Crippen LogP contribution in [0.1, 0.15) is 0 Å². The van der Waals surface area contributed by atoms with Crippen LogP contribution in [-0.2, 0) is 14.8 Å². The van der Waals surface area contributed by atoms with Crippen molar-refractivity contribution in [2.45, 2.75) is 11.0 Å². The average molecular weight is 278 g/mol. The number of ether oxygens (including phenoxy) is 1. The molecule has 0 aromatic heterocycles. The predicted octanol–water partition coefficient (Wildman–Crippen LogP) is -0.306. The molecule has 1 aromatic carbocycles. The van der Waals surface area contributed by atoms with Crippen molar-refractivity contribution in [1.29, 1.82) is 0 Å². The molecule has 0 saturated heterocycles. The molecule has 1 atom stereocenters. The monoisotopic (exact) mass is 278 g/mol. The Labute approximate surface area is 105 Å². The molecule has 1 rings (SSSR count). The fourth-order valence-electron chi connectivity index (χ4n) is 1.28. The van der Waals surface area contributed by atoms with Gasteiger partial charge < -0.3 is 15.6 Å². The third kappa shape index (κ3) is 4.22. The fourth-order valence-corrected chi connectivity index (χ4v) is 2.42. The second-order valence-electron chi connectivity index (χ2n) is 3.68. The number of nitrogens with two attached hydrogens (primary N) is 1. The Bertz CT molecular complexity index is 486. The first kappa shape index (κ1) is 14.8. The standard InChI is InChI=1S/C10H15FN2O4S/c1-17-6-9(14)5-13-18(15,16)10-3-7(11)2-8(12)4-10/h2-4,9,13-14H,5-6,12H2,1H3. The molecular weight excluding hydrogens is 263 g/mol. The maximum absolute atomic E-state index is 13.0. The van der Waals surface area contributed by atoms with Gasteiger partial charge in [0.05, 0.1) is 17.6 Å². The molecule has 4 N–H and O–H groups in total. The minimum absolute atomic E-state index is 0.00614. The van der Waals surface area contributed by atoms with E-state index in [9.17, 15) is 17.9 Å². The van der Waals surface area contributed by atoms with Gasteiger partial charge >= 0.3 is 0 Å². The molecule has 1 unspecified atom stereocenters. The number of nitrogen functional groups attached to an aromatic ring is 1.